The molecule has 1 N–H and O–H groups in total. The second-order valence-corrected chi connectivity index (χ2v) is 14.8. The first kappa shape index (κ1) is 28.5. The average Bonchev–Trinajstić information content (AvgIpc) is 2.83. The van der Waals surface area contributed by atoms with Crippen molar-refractivity contribution in [2.45, 2.75) is 76.7 Å². The zero-order chi connectivity index (χ0) is 24.0. The van der Waals surface area contributed by atoms with E-state index in [1.54, 1.807) is 7.11 Å². The first-order valence-electron chi connectivity index (χ1n) is 12.5. The predicted molar refractivity (Wildman–Crippen MR) is 151 cm³/mol. The number of hydrogen-bond acceptors (Lipinski definition) is 3. The van der Waals surface area contributed by atoms with E-state index in [4.69, 9.17) is 4.89 Å². The molecule has 2 rings (SSSR count). The molecule has 0 aromatic heterocycles. The number of halogens is 1. The van der Waals surface area contributed by atoms with Gasteiger partial charge in [-0.05, 0) is 45.0 Å². The van der Waals surface area contributed by atoms with Crippen molar-refractivity contribution < 1.29 is 14.6 Å². The van der Waals surface area contributed by atoms with Crippen LogP contribution in [-0.4, -0.2) is 31.3 Å². The third-order valence-corrected chi connectivity index (χ3v) is 12.1. The van der Waals surface area contributed by atoms with Gasteiger partial charge in [0.05, 0.1) is 13.7 Å². The Morgan fingerprint density at radius 2 is 1.33 bits per heavy atom. The van der Waals surface area contributed by atoms with Gasteiger partial charge in [0.2, 0.25) is 0 Å². The summed E-state index contributed by atoms with van der Waals surface area (Å²) in [4.78, 5) is 22.2. The monoisotopic (exact) mass is 582 g/mol. The van der Waals surface area contributed by atoms with Gasteiger partial charge in [0.25, 0.3) is 8.32 Å². The van der Waals surface area contributed by atoms with Crippen molar-refractivity contribution in [3.63, 3.8) is 0 Å². The standard InChI is InChI=1S/C28H43IO3Si/c1-28(2,24-25(17-13-14-22-29)16-8-4-5-15-23-32-31-3)33(30,26-18-9-6-10-19-26)27-20-11-7-12-21-27/h6-7,9-12,18-21,25,30H,4-5,8,13-17,22-24H2,1-3H3/t25-/m1/s1. The Bertz CT molecular complexity index is 715. The third-order valence-electron chi connectivity index (χ3n) is 6.87. The molecule has 2 aromatic rings. The molecular weight excluding hydrogens is 539 g/mol. The first-order chi connectivity index (χ1) is 16.0. The molecule has 0 radical (unpaired) electrons. The van der Waals surface area contributed by atoms with E-state index in [9.17, 15) is 4.80 Å². The van der Waals surface area contributed by atoms with Gasteiger partial charge in [-0.2, -0.15) is 0 Å². The molecular formula is C28H43IO3Si. The van der Waals surface area contributed by atoms with E-state index in [0.29, 0.717) is 12.5 Å². The Labute approximate surface area is 216 Å². The second kappa shape index (κ2) is 15.3. The van der Waals surface area contributed by atoms with E-state index in [1.807, 2.05) is 12.1 Å². The highest BCUT2D eigenvalue weighted by Gasteiger charge is 2.50. The molecule has 184 valence electrons. The maximum Gasteiger partial charge on any atom is 0.258 e. The van der Waals surface area contributed by atoms with Crippen LogP contribution in [0.1, 0.15) is 71.6 Å². The Hall–Kier alpha value is -0.733. The molecule has 0 heterocycles. The van der Waals surface area contributed by atoms with E-state index < -0.39 is 8.32 Å². The van der Waals surface area contributed by atoms with E-state index in [1.165, 1.54) is 49.4 Å². The maximum atomic E-state index is 12.5. The molecule has 0 saturated carbocycles. The van der Waals surface area contributed by atoms with Crippen LogP contribution in [0.3, 0.4) is 0 Å². The highest BCUT2D eigenvalue weighted by atomic mass is 127. The predicted octanol–water partition coefficient (Wildman–Crippen LogP) is 6.66. The summed E-state index contributed by atoms with van der Waals surface area (Å²) in [6, 6.07) is 20.9. The summed E-state index contributed by atoms with van der Waals surface area (Å²) in [5.74, 6) is 0.643. The van der Waals surface area contributed by atoms with E-state index in [-0.39, 0.29) is 5.04 Å². The van der Waals surface area contributed by atoms with Gasteiger partial charge in [-0.25, -0.2) is 9.78 Å². The summed E-state index contributed by atoms with van der Waals surface area (Å²) >= 11 is 2.49. The molecule has 0 fully saturated rings. The van der Waals surface area contributed by atoms with E-state index >= 15 is 0 Å². The highest BCUT2D eigenvalue weighted by molar-refractivity contribution is 14.1. The lowest BCUT2D eigenvalue weighted by atomic mass is 9.87. The van der Waals surface area contributed by atoms with Crippen LogP contribution in [0.25, 0.3) is 0 Å². The van der Waals surface area contributed by atoms with Gasteiger partial charge >= 0.3 is 0 Å². The van der Waals surface area contributed by atoms with Gasteiger partial charge in [0.15, 0.2) is 0 Å². The van der Waals surface area contributed by atoms with Gasteiger partial charge in [-0.1, -0.05) is 136 Å². The van der Waals surface area contributed by atoms with Crippen molar-refractivity contribution in [1.29, 1.82) is 0 Å². The summed E-state index contributed by atoms with van der Waals surface area (Å²) < 4.78 is 1.22. The number of hydrogen-bond donors (Lipinski definition) is 1. The zero-order valence-electron chi connectivity index (χ0n) is 20.8. The summed E-state index contributed by atoms with van der Waals surface area (Å²) in [5, 5.41) is 2.06. The lowest BCUT2D eigenvalue weighted by Crippen LogP contribution is -2.65. The summed E-state index contributed by atoms with van der Waals surface area (Å²) in [6.07, 6.45) is 10.8. The lowest BCUT2D eigenvalue weighted by molar-refractivity contribution is -0.272. The number of rotatable bonds is 17. The Balaban J connectivity index is 2.16. The van der Waals surface area contributed by atoms with E-state index in [0.717, 1.165) is 23.2 Å². The normalized spacial score (nSPS) is 13.2. The van der Waals surface area contributed by atoms with Crippen LogP contribution >= 0.6 is 22.6 Å². The minimum absolute atomic E-state index is 0.170. The van der Waals surface area contributed by atoms with Crippen molar-refractivity contribution in [3.8, 4) is 0 Å². The fourth-order valence-corrected chi connectivity index (χ4v) is 9.45. The first-order valence-corrected chi connectivity index (χ1v) is 16.0. The van der Waals surface area contributed by atoms with Crippen molar-refractivity contribution in [3.05, 3.63) is 60.7 Å². The van der Waals surface area contributed by atoms with Crippen molar-refractivity contribution in [1.82, 2.24) is 0 Å². The highest BCUT2D eigenvalue weighted by Crippen LogP contribution is 2.43. The molecule has 0 bridgehead atoms. The molecule has 5 heteroatoms. The molecule has 0 spiro atoms. The van der Waals surface area contributed by atoms with Crippen molar-refractivity contribution in [2.24, 2.45) is 5.92 Å². The van der Waals surface area contributed by atoms with Crippen molar-refractivity contribution in [2.75, 3.05) is 18.1 Å². The molecule has 0 amide bonds. The van der Waals surface area contributed by atoms with E-state index in [2.05, 4.69) is 89.9 Å². The quantitative estimate of drug-likeness (QED) is 0.0567. The zero-order valence-corrected chi connectivity index (χ0v) is 23.9. The van der Waals surface area contributed by atoms with Crippen LogP contribution in [0.2, 0.25) is 5.04 Å². The summed E-state index contributed by atoms with van der Waals surface area (Å²) in [7, 11) is -1.37. The summed E-state index contributed by atoms with van der Waals surface area (Å²) in [5.41, 5.74) is 0. The van der Waals surface area contributed by atoms with Crippen LogP contribution in [0.4, 0.5) is 0 Å². The van der Waals surface area contributed by atoms with Crippen LogP contribution < -0.4 is 10.4 Å². The van der Waals surface area contributed by atoms with Gasteiger partial charge in [-0.3, -0.25) is 0 Å². The Kier molecular flexibility index (Phi) is 13.2. The second-order valence-electron chi connectivity index (χ2n) is 9.77. The number of benzene rings is 2. The van der Waals surface area contributed by atoms with Gasteiger partial charge < -0.3 is 4.80 Å². The lowest BCUT2D eigenvalue weighted by Gasteiger charge is -2.43. The molecule has 0 aliphatic rings. The van der Waals surface area contributed by atoms with Crippen molar-refractivity contribution >= 4 is 41.3 Å². The topological polar surface area (TPSA) is 38.7 Å². The number of unbranched alkanes of at least 4 members (excludes halogenated alkanes) is 4. The van der Waals surface area contributed by atoms with Gasteiger partial charge in [-0.15, -0.1) is 0 Å². The maximum absolute atomic E-state index is 12.5. The summed E-state index contributed by atoms with van der Waals surface area (Å²) in [6.45, 7) is 5.30. The molecule has 2 aromatic carbocycles. The molecule has 1 atom stereocenters. The van der Waals surface area contributed by atoms with Crippen LogP contribution in [-0.2, 0) is 9.78 Å². The largest absolute Gasteiger partial charge is 0.424 e. The molecule has 0 aliphatic heterocycles. The van der Waals surface area contributed by atoms with Gasteiger partial charge in [0.1, 0.15) is 0 Å². The Morgan fingerprint density at radius 3 is 1.85 bits per heavy atom. The SMILES string of the molecule is COOCCCCCC[C@H](CCCCI)CC(C)(C)[Si](O)(c1ccccc1)c1ccccc1. The number of alkyl halides is 1. The van der Waals surface area contributed by atoms with Crippen LogP contribution in [0, 0.1) is 5.92 Å². The fourth-order valence-electron chi connectivity index (χ4n) is 5.08. The molecule has 33 heavy (non-hydrogen) atoms. The van der Waals surface area contributed by atoms with Crippen LogP contribution in [0.5, 0.6) is 0 Å². The molecule has 3 nitrogen and oxygen atoms in total. The fraction of sp³-hybridized carbons (Fsp3) is 0.571. The molecule has 0 saturated heterocycles. The van der Waals surface area contributed by atoms with Gasteiger partial charge in [0, 0.05) is 0 Å². The molecule has 0 aliphatic carbocycles. The third kappa shape index (κ3) is 8.77. The smallest absolute Gasteiger partial charge is 0.258 e. The van der Waals surface area contributed by atoms with Crippen LogP contribution in [0.15, 0.2) is 60.7 Å². The minimum Gasteiger partial charge on any atom is -0.424 e. The average molecular weight is 583 g/mol. The Morgan fingerprint density at radius 1 is 0.818 bits per heavy atom. The molecule has 0 unspecified atom stereocenters. The minimum atomic E-state index is -2.94.